The Bertz CT molecular complexity index is 144. The normalized spacial score (nSPS) is 31.7. The molecule has 0 heterocycles. The Kier molecular flexibility index (Phi) is 2.92. The summed E-state index contributed by atoms with van der Waals surface area (Å²) in [6.45, 7) is 2.23. The molecule has 2 nitrogen and oxygen atoms in total. The average molecular weight is 155 g/mol. The van der Waals surface area contributed by atoms with E-state index in [4.69, 9.17) is 5.73 Å². The topological polar surface area (TPSA) is 43.1 Å². The summed E-state index contributed by atoms with van der Waals surface area (Å²) < 4.78 is 0. The molecule has 0 bridgehead atoms. The summed E-state index contributed by atoms with van der Waals surface area (Å²) in [6, 6.07) is 0. The van der Waals surface area contributed by atoms with E-state index in [-0.39, 0.29) is 5.91 Å². The van der Waals surface area contributed by atoms with Crippen LogP contribution in [0.3, 0.4) is 0 Å². The van der Waals surface area contributed by atoms with Crippen molar-refractivity contribution in [2.45, 2.75) is 39.0 Å². The van der Waals surface area contributed by atoms with Crippen LogP contribution in [0, 0.1) is 11.8 Å². The minimum atomic E-state index is -0.135. The molecule has 1 amide bonds. The van der Waals surface area contributed by atoms with Crippen LogP contribution >= 0.6 is 0 Å². The van der Waals surface area contributed by atoms with Crippen LogP contribution < -0.4 is 5.73 Å². The highest BCUT2D eigenvalue weighted by atomic mass is 16.1. The molecule has 0 saturated heterocycles. The Hall–Kier alpha value is -0.530. The summed E-state index contributed by atoms with van der Waals surface area (Å²) >= 11 is 0. The number of rotatable bonds is 2. The van der Waals surface area contributed by atoms with Crippen molar-refractivity contribution in [3.8, 4) is 0 Å². The van der Waals surface area contributed by atoms with Gasteiger partial charge in [-0.2, -0.15) is 0 Å². The van der Waals surface area contributed by atoms with Gasteiger partial charge in [-0.05, 0) is 18.3 Å². The van der Waals surface area contributed by atoms with Gasteiger partial charge in [-0.1, -0.05) is 26.2 Å². The Labute approximate surface area is 68.2 Å². The van der Waals surface area contributed by atoms with Gasteiger partial charge >= 0.3 is 0 Å². The van der Waals surface area contributed by atoms with Crippen LogP contribution in [-0.2, 0) is 4.79 Å². The Morgan fingerprint density at radius 1 is 1.45 bits per heavy atom. The van der Waals surface area contributed by atoms with Crippen LogP contribution in [0.1, 0.15) is 39.0 Å². The highest BCUT2D eigenvalue weighted by Crippen LogP contribution is 2.31. The third-order valence-electron chi connectivity index (χ3n) is 2.75. The summed E-state index contributed by atoms with van der Waals surface area (Å²) in [5.74, 6) is 1.14. The first-order valence-electron chi connectivity index (χ1n) is 4.48. The number of carbonyl (C=O) groups is 1. The summed E-state index contributed by atoms with van der Waals surface area (Å²) in [4.78, 5) is 10.6. The molecule has 0 unspecified atom stereocenters. The van der Waals surface area contributed by atoms with Crippen molar-refractivity contribution in [2.24, 2.45) is 17.6 Å². The molecule has 1 fully saturated rings. The van der Waals surface area contributed by atoms with Gasteiger partial charge in [0, 0.05) is 6.42 Å². The van der Waals surface area contributed by atoms with Crippen LogP contribution in [0.5, 0.6) is 0 Å². The quantitative estimate of drug-likeness (QED) is 0.648. The van der Waals surface area contributed by atoms with Gasteiger partial charge in [-0.15, -0.1) is 0 Å². The van der Waals surface area contributed by atoms with Gasteiger partial charge in [0.15, 0.2) is 0 Å². The molecule has 0 aliphatic heterocycles. The van der Waals surface area contributed by atoms with Gasteiger partial charge in [0.2, 0.25) is 5.91 Å². The molecule has 0 spiro atoms. The number of hydrogen-bond acceptors (Lipinski definition) is 1. The largest absolute Gasteiger partial charge is 0.370 e. The van der Waals surface area contributed by atoms with Gasteiger partial charge in [-0.3, -0.25) is 4.79 Å². The number of amides is 1. The molecule has 0 aromatic rings. The minimum absolute atomic E-state index is 0.135. The van der Waals surface area contributed by atoms with E-state index in [1.165, 1.54) is 25.7 Å². The monoisotopic (exact) mass is 155 g/mol. The van der Waals surface area contributed by atoms with Crippen molar-refractivity contribution in [1.29, 1.82) is 0 Å². The Morgan fingerprint density at radius 3 is 2.64 bits per heavy atom. The molecule has 11 heavy (non-hydrogen) atoms. The lowest BCUT2D eigenvalue weighted by Crippen LogP contribution is -2.23. The first-order chi connectivity index (χ1) is 5.20. The lowest BCUT2D eigenvalue weighted by Gasteiger charge is -2.27. The van der Waals surface area contributed by atoms with Gasteiger partial charge in [-0.25, -0.2) is 0 Å². The highest BCUT2D eigenvalue weighted by molar-refractivity contribution is 5.74. The van der Waals surface area contributed by atoms with Crippen LogP contribution in [0.15, 0.2) is 0 Å². The standard InChI is InChI=1S/C9H17NO/c1-7-4-2-3-5-8(7)6-9(10)11/h7-8H,2-6H2,1H3,(H2,10,11)/t7-,8+/m0/s1. The van der Waals surface area contributed by atoms with Crippen molar-refractivity contribution in [3.63, 3.8) is 0 Å². The van der Waals surface area contributed by atoms with Crippen molar-refractivity contribution in [2.75, 3.05) is 0 Å². The number of primary amides is 1. The Balaban J connectivity index is 2.35. The van der Waals surface area contributed by atoms with Gasteiger partial charge < -0.3 is 5.73 Å². The second-order valence-electron chi connectivity index (χ2n) is 3.69. The summed E-state index contributed by atoms with van der Waals surface area (Å²) in [7, 11) is 0. The maximum Gasteiger partial charge on any atom is 0.217 e. The minimum Gasteiger partial charge on any atom is -0.370 e. The molecule has 64 valence electrons. The van der Waals surface area contributed by atoms with E-state index in [1.54, 1.807) is 0 Å². The van der Waals surface area contributed by atoms with Gasteiger partial charge in [0.05, 0.1) is 0 Å². The van der Waals surface area contributed by atoms with Crippen molar-refractivity contribution >= 4 is 5.91 Å². The smallest absolute Gasteiger partial charge is 0.217 e. The fourth-order valence-corrected chi connectivity index (χ4v) is 1.95. The van der Waals surface area contributed by atoms with Crippen molar-refractivity contribution in [3.05, 3.63) is 0 Å². The number of hydrogen-bond donors (Lipinski definition) is 1. The average Bonchev–Trinajstić information content (AvgIpc) is 1.93. The highest BCUT2D eigenvalue weighted by Gasteiger charge is 2.22. The van der Waals surface area contributed by atoms with Crippen LogP contribution in [-0.4, -0.2) is 5.91 Å². The van der Waals surface area contributed by atoms with E-state index in [0.717, 1.165) is 0 Å². The summed E-state index contributed by atoms with van der Waals surface area (Å²) in [5.41, 5.74) is 5.15. The molecule has 1 aliphatic carbocycles. The zero-order valence-corrected chi connectivity index (χ0v) is 7.18. The molecule has 1 rings (SSSR count). The van der Waals surface area contributed by atoms with Crippen molar-refractivity contribution < 1.29 is 4.79 Å². The molecule has 0 aromatic heterocycles. The Morgan fingerprint density at radius 2 is 2.09 bits per heavy atom. The predicted octanol–water partition coefficient (Wildman–Crippen LogP) is 1.69. The van der Waals surface area contributed by atoms with E-state index in [1.807, 2.05) is 0 Å². The molecule has 2 atom stereocenters. The molecular weight excluding hydrogens is 138 g/mol. The first kappa shape index (κ1) is 8.57. The number of nitrogens with two attached hydrogens (primary N) is 1. The van der Waals surface area contributed by atoms with E-state index >= 15 is 0 Å². The first-order valence-corrected chi connectivity index (χ1v) is 4.48. The summed E-state index contributed by atoms with van der Waals surface area (Å²) in [6.07, 6.45) is 5.68. The molecule has 1 aliphatic rings. The van der Waals surface area contributed by atoms with Crippen LogP contribution in [0.25, 0.3) is 0 Å². The second-order valence-corrected chi connectivity index (χ2v) is 3.69. The van der Waals surface area contributed by atoms with Crippen LogP contribution in [0.2, 0.25) is 0 Å². The van der Waals surface area contributed by atoms with E-state index in [0.29, 0.717) is 18.3 Å². The fourth-order valence-electron chi connectivity index (χ4n) is 1.95. The molecule has 1 saturated carbocycles. The molecule has 0 aromatic carbocycles. The lowest BCUT2D eigenvalue weighted by atomic mass is 9.78. The molecule has 2 N–H and O–H groups in total. The fraction of sp³-hybridized carbons (Fsp3) is 0.889. The third kappa shape index (κ3) is 2.52. The van der Waals surface area contributed by atoms with Gasteiger partial charge in [0.1, 0.15) is 0 Å². The molecular formula is C9H17NO. The zero-order chi connectivity index (χ0) is 8.27. The SMILES string of the molecule is C[C@H]1CCCC[C@@H]1CC(N)=O. The number of carbonyl (C=O) groups excluding carboxylic acids is 1. The lowest BCUT2D eigenvalue weighted by molar-refractivity contribution is -0.119. The van der Waals surface area contributed by atoms with Crippen LogP contribution in [0.4, 0.5) is 0 Å². The van der Waals surface area contributed by atoms with Crippen molar-refractivity contribution in [1.82, 2.24) is 0 Å². The molecule has 2 heteroatoms. The summed E-state index contributed by atoms with van der Waals surface area (Å²) in [5, 5.41) is 0. The maximum atomic E-state index is 10.6. The second kappa shape index (κ2) is 3.74. The zero-order valence-electron chi connectivity index (χ0n) is 7.18. The van der Waals surface area contributed by atoms with E-state index < -0.39 is 0 Å². The molecule has 0 radical (unpaired) electrons. The maximum absolute atomic E-state index is 10.6. The predicted molar refractivity (Wildman–Crippen MR) is 44.9 cm³/mol. The van der Waals surface area contributed by atoms with E-state index in [2.05, 4.69) is 6.92 Å². The van der Waals surface area contributed by atoms with E-state index in [9.17, 15) is 4.79 Å². The van der Waals surface area contributed by atoms with Gasteiger partial charge in [0.25, 0.3) is 0 Å². The third-order valence-corrected chi connectivity index (χ3v) is 2.75.